The van der Waals surface area contributed by atoms with Crippen LogP contribution in [0.2, 0.25) is 0 Å². The summed E-state index contributed by atoms with van der Waals surface area (Å²) in [7, 11) is 0. The maximum Gasteiger partial charge on any atom is 0.294 e. The van der Waals surface area contributed by atoms with Gasteiger partial charge in [0.15, 0.2) is 0 Å². The first-order chi connectivity index (χ1) is 14.3. The van der Waals surface area contributed by atoms with E-state index in [9.17, 15) is 14.4 Å². The van der Waals surface area contributed by atoms with Crippen LogP contribution >= 0.6 is 56.9 Å². The fourth-order valence-corrected chi connectivity index (χ4v) is 5.62. The van der Waals surface area contributed by atoms with E-state index >= 15 is 0 Å². The van der Waals surface area contributed by atoms with Crippen molar-refractivity contribution in [1.82, 2.24) is 4.90 Å². The average Bonchev–Trinajstić information content (AvgIpc) is 2.94. The van der Waals surface area contributed by atoms with Gasteiger partial charge in [-0.15, -0.1) is 0 Å². The summed E-state index contributed by atoms with van der Waals surface area (Å²) in [5, 5.41) is 2.24. The van der Waals surface area contributed by atoms with Crippen molar-refractivity contribution >= 4 is 85.8 Å². The molecule has 3 amide bonds. The van der Waals surface area contributed by atoms with Crippen LogP contribution in [-0.4, -0.2) is 35.1 Å². The summed E-state index contributed by atoms with van der Waals surface area (Å²) in [5.41, 5.74) is 2.41. The Kier molecular flexibility index (Phi) is 7.80. The molecule has 2 aromatic carbocycles. The number of nitrogens with zero attached hydrogens (tertiary/aromatic N) is 1. The van der Waals surface area contributed by atoms with Gasteiger partial charge in [0.2, 0.25) is 5.91 Å². The zero-order valence-corrected chi connectivity index (χ0v) is 21.3. The van der Waals surface area contributed by atoms with E-state index in [2.05, 4.69) is 50.5 Å². The Morgan fingerprint density at radius 3 is 2.57 bits per heavy atom. The Balaban J connectivity index is 1.78. The number of nitrogens with one attached hydrogen (secondary N) is 1. The lowest BCUT2D eigenvalue weighted by Crippen LogP contribution is -2.36. The zero-order chi connectivity index (χ0) is 21.8. The molecule has 9 heteroatoms. The van der Waals surface area contributed by atoms with Crippen LogP contribution in [-0.2, 0) is 9.59 Å². The van der Waals surface area contributed by atoms with Gasteiger partial charge >= 0.3 is 0 Å². The molecular weight excluding hydrogens is 630 g/mol. The molecule has 6 nitrogen and oxygen atoms in total. The van der Waals surface area contributed by atoms with Gasteiger partial charge in [-0.1, -0.05) is 17.7 Å². The van der Waals surface area contributed by atoms with Crippen LogP contribution in [0.5, 0.6) is 5.75 Å². The molecule has 1 aliphatic rings. The molecule has 1 heterocycles. The van der Waals surface area contributed by atoms with Crippen molar-refractivity contribution in [3.8, 4) is 5.75 Å². The predicted molar refractivity (Wildman–Crippen MR) is 136 cm³/mol. The van der Waals surface area contributed by atoms with E-state index in [1.165, 1.54) is 0 Å². The SMILES string of the molecule is CCOc1c(I)cc(I)cc1/C=C1/SC(=O)N(CC(=O)Nc2ccc(C)cc2)C1=O. The highest BCUT2D eigenvalue weighted by molar-refractivity contribution is 14.1. The molecule has 0 aromatic heterocycles. The molecular formula is C21H18I2N2O4S. The van der Waals surface area contributed by atoms with Gasteiger partial charge in [-0.05, 0) is 101 Å². The van der Waals surface area contributed by atoms with Crippen LogP contribution in [0.15, 0.2) is 41.3 Å². The van der Waals surface area contributed by atoms with E-state index in [1.54, 1.807) is 18.2 Å². The van der Waals surface area contributed by atoms with E-state index in [0.717, 1.165) is 34.9 Å². The number of anilines is 1. The van der Waals surface area contributed by atoms with Gasteiger partial charge in [-0.2, -0.15) is 0 Å². The van der Waals surface area contributed by atoms with Crippen LogP contribution in [0.1, 0.15) is 18.1 Å². The van der Waals surface area contributed by atoms with Crippen molar-refractivity contribution in [1.29, 1.82) is 0 Å². The van der Waals surface area contributed by atoms with E-state index in [-0.39, 0.29) is 11.4 Å². The predicted octanol–water partition coefficient (Wildman–Crippen LogP) is 5.28. The largest absolute Gasteiger partial charge is 0.492 e. The maximum atomic E-state index is 12.8. The minimum atomic E-state index is -0.486. The second-order valence-electron chi connectivity index (χ2n) is 6.42. The lowest BCUT2D eigenvalue weighted by atomic mass is 10.2. The van der Waals surface area contributed by atoms with Gasteiger partial charge in [0, 0.05) is 14.8 Å². The van der Waals surface area contributed by atoms with E-state index < -0.39 is 17.1 Å². The molecule has 0 spiro atoms. The summed E-state index contributed by atoms with van der Waals surface area (Å²) in [6, 6.07) is 11.2. The van der Waals surface area contributed by atoms with Gasteiger partial charge in [-0.3, -0.25) is 19.3 Å². The molecule has 0 atom stereocenters. The van der Waals surface area contributed by atoms with Crippen molar-refractivity contribution in [3.05, 3.63) is 59.6 Å². The second-order valence-corrected chi connectivity index (χ2v) is 9.82. The van der Waals surface area contributed by atoms with E-state index in [0.29, 0.717) is 18.0 Å². The molecule has 3 rings (SSSR count). The molecule has 1 aliphatic heterocycles. The van der Waals surface area contributed by atoms with Crippen molar-refractivity contribution in [2.24, 2.45) is 0 Å². The van der Waals surface area contributed by atoms with E-state index in [1.807, 2.05) is 38.1 Å². The number of halogens is 2. The number of carbonyl (C=O) groups is 3. The number of carbonyl (C=O) groups excluding carboxylic acids is 3. The Morgan fingerprint density at radius 1 is 1.20 bits per heavy atom. The average molecular weight is 648 g/mol. The Labute approximate surface area is 206 Å². The van der Waals surface area contributed by atoms with Crippen LogP contribution < -0.4 is 10.1 Å². The van der Waals surface area contributed by atoms with Gasteiger partial charge in [0.1, 0.15) is 12.3 Å². The number of hydrogen-bond donors (Lipinski definition) is 1. The van der Waals surface area contributed by atoms with E-state index in [4.69, 9.17) is 4.74 Å². The highest BCUT2D eigenvalue weighted by Gasteiger charge is 2.36. The lowest BCUT2D eigenvalue weighted by molar-refractivity contribution is -0.127. The molecule has 0 unspecified atom stereocenters. The second kappa shape index (κ2) is 10.1. The molecule has 0 bridgehead atoms. The van der Waals surface area contributed by atoms with Crippen LogP contribution in [0, 0.1) is 14.1 Å². The number of benzene rings is 2. The van der Waals surface area contributed by atoms with Crippen molar-refractivity contribution in [3.63, 3.8) is 0 Å². The molecule has 1 N–H and O–H groups in total. The number of thioether (sulfide) groups is 1. The Bertz CT molecular complexity index is 1040. The molecule has 2 aromatic rings. The normalized spacial score (nSPS) is 15.1. The molecule has 30 heavy (non-hydrogen) atoms. The first-order valence-corrected chi connectivity index (χ1v) is 12.0. The third-order valence-electron chi connectivity index (χ3n) is 4.12. The van der Waals surface area contributed by atoms with Crippen LogP contribution in [0.4, 0.5) is 10.5 Å². The molecule has 0 saturated carbocycles. The first-order valence-electron chi connectivity index (χ1n) is 9.02. The molecule has 156 valence electrons. The van der Waals surface area contributed by atoms with Gasteiger partial charge in [0.05, 0.1) is 15.1 Å². The quantitative estimate of drug-likeness (QED) is 0.341. The van der Waals surface area contributed by atoms with Gasteiger partial charge in [0.25, 0.3) is 11.1 Å². The standard InChI is InChI=1S/C21H18I2N2O4S/c1-3-29-19-13(8-14(22)10-16(19)23)9-17-20(27)25(21(28)30-17)11-18(26)24-15-6-4-12(2)5-7-15/h4-10H,3,11H2,1-2H3,(H,24,26)/b17-9+. The third-order valence-corrected chi connectivity index (χ3v) is 6.45. The molecule has 0 radical (unpaired) electrons. The smallest absolute Gasteiger partial charge is 0.294 e. The number of aryl methyl sites for hydroxylation is 1. The van der Waals surface area contributed by atoms with Gasteiger partial charge < -0.3 is 10.1 Å². The summed E-state index contributed by atoms with van der Waals surface area (Å²) in [4.78, 5) is 38.7. The number of imide groups is 1. The maximum absolute atomic E-state index is 12.8. The monoisotopic (exact) mass is 648 g/mol. The Morgan fingerprint density at radius 2 is 1.90 bits per heavy atom. The van der Waals surface area contributed by atoms with Crippen LogP contribution in [0.25, 0.3) is 6.08 Å². The lowest BCUT2D eigenvalue weighted by Gasteiger charge is -2.13. The Hall–Kier alpha value is -1.60. The molecule has 0 aliphatic carbocycles. The number of rotatable bonds is 6. The van der Waals surface area contributed by atoms with Crippen LogP contribution in [0.3, 0.4) is 0 Å². The number of hydrogen-bond acceptors (Lipinski definition) is 5. The summed E-state index contributed by atoms with van der Waals surface area (Å²) in [6.07, 6.45) is 1.65. The highest BCUT2D eigenvalue weighted by atomic mass is 127. The third kappa shape index (κ3) is 5.55. The minimum Gasteiger partial charge on any atom is -0.492 e. The minimum absolute atomic E-state index is 0.266. The van der Waals surface area contributed by atoms with Crippen molar-refractivity contribution in [2.75, 3.05) is 18.5 Å². The summed E-state index contributed by atoms with van der Waals surface area (Å²) in [6.45, 7) is 3.98. The van der Waals surface area contributed by atoms with Crippen molar-refractivity contribution < 1.29 is 19.1 Å². The summed E-state index contributed by atoms with van der Waals surface area (Å²) in [5.74, 6) is -0.246. The fraction of sp³-hybridized carbons (Fsp3) is 0.190. The first kappa shape index (κ1) is 23.1. The fourth-order valence-electron chi connectivity index (χ4n) is 2.74. The molecule has 1 fully saturated rings. The van der Waals surface area contributed by atoms with Gasteiger partial charge in [-0.25, -0.2) is 0 Å². The zero-order valence-electron chi connectivity index (χ0n) is 16.2. The highest BCUT2D eigenvalue weighted by Crippen LogP contribution is 2.36. The number of amides is 3. The molecule has 1 saturated heterocycles. The number of ether oxygens (including phenoxy) is 1. The summed E-state index contributed by atoms with van der Waals surface area (Å²) >= 11 is 5.20. The van der Waals surface area contributed by atoms with Crippen molar-refractivity contribution in [2.45, 2.75) is 13.8 Å². The topological polar surface area (TPSA) is 75.7 Å². The summed E-state index contributed by atoms with van der Waals surface area (Å²) < 4.78 is 7.63.